The van der Waals surface area contributed by atoms with Gasteiger partial charge < -0.3 is 29.4 Å². The van der Waals surface area contributed by atoms with E-state index >= 15 is 0 Å². The number of methoxy groups -OCH3 is 1. The van der Waals surface area contributed by atoms with Crippen LogP contribution in [0.5, 0.6) is 0 Å². The van der Waals surface area contributed by atoms with Gasteiger partial charge in [-0.2, -0.15) is 0 Å². The number of hydrogen-bond acceptors (Lipinski definition) is 7. The van der Waals surface area contributed by atoms with E-state index in [1.807, 2.05) is 48.8 Å². The molecule has 2 aromatic heterocycles. The molecule has 0 unspecified atom stereocenters. The first kappa shape index (κ1) is 35.6. The number of carbonyl (C=O) groups is 3. The molecule has 11 nitrogen and oxygen atoms in total. The number of benzene rings is 2. The number of nitrogens with one attached hydrogen (secondary N) is 2. The summed E-state index contributed by atoms with van der Waals surface area (Å²) >= 11 is 0. The first-order valence-electron chi connectivity index (χ1n) is 18.8. The molecule has 0 bridgehead atoms. The third-order valence-electron chi connectivity index (χ3n) is 11.1. The fourth-order valence-corrected chi connectivity index (χ4v) is 8.26. The maximum absolute atomic E-state index is 13.8. The zero-order chi connectivity index (χ0) is 36.5. The van der Waals surface area contributed by atoms with Crippen LogP contribution in [0.25, 0.3) is 33.6 Å². The number of hydrogen-bond donors (Lipinski definition) is 2. The number of aryl methyl sites for hydroxylation is 2. The van der Waals surface area contributed by atoms with Gasteiger partial charge in [-0.15, -0.1) is 0 Å². The lowest BCUT2D eigenvalue weighted by molar-refractivity contribution is -0.148. The number of likely N-dealkylation sites (tertiary alicyclic amines) is 2. The maximum atomic E-state index is 13.8. The summed E-state index contributed by atoms with van der Waals surface area (Å²) in [4.78, 5) is 61.6. The number of rotatable bonds is 10. The third-order valence-corrected chi connectivity index (χ3v) is 11.1. The Kier molecular flexibility index (Phi) is 10.3. The molecule has 7 rings (SSSR count). The monoisotopic (exact) mass is 705 g/mol. The highest BCUT2D eigenvalue weighted by atomic mass is 16.5. The molecule has 4 heterocycles. The first-order chi connectivity index (χ1) is 25.1. The SMILES string of the molecule is COC(=O)C[C@H](C(=O)N1CCC[C@H]1c1nc2c([nH]1)CCCc1cc(-c3ccc(-c4cnc([C@@H]5CCCN5C(=O)CN(C)C)[nH]4)cc3)ccc1-2)C(C)C. The predicted octanol–water partition coefficient (Wildman–Crippen LogP) is 6.35. The number of aromatic nitrogens is 4. The molecule has 274 valence electrons. The van der Waals surface area contributed by atoms with E-state index in [4.69, 9.17) is 14.7 Å². The van der Waals surface area contributed by atoms with E-state index in [2.05, 4.69) is 52.4 Å². The summed E-state index contributed by atoms with van der Waals surface area (Å²) in [6.07, 6.45) is 8.48. The molecule has 11 heteroatoms. The van der Waals surface area contributed by atoms with Gasteiger partial charge in [0.1, 0.15) is 11.6 Å². The number of carbonyl (C=O) groups excluding carboxylic acids is 3. The van der Waals surface area contributed by atoms with Crippen molar-refractivity contribution >= 4 is 17.8 Å². The van der Waals surface area contributed by atoms with Crippen LogP contribution in [0.3, 0.4) is 0 Å². The maximum Gasteiger partial charge on any atom is 0.306 e. The molecule has 2 amide bonds. The molecule has 0 radical (unpaired) electrons. The largest absolute Gasteiger partial charge is 0.469 e. The molecule has 0 spiro atoms. The molecule has 3 aliphatic rings. The second kappa shape index (κ2) is 15.1. The van der Waals surface area contributed by atoms with Gasteiger partial charge >= 0.3 is 5.97 Å². The van der Waals surface area contributed by atoms with Crippen LogP contribution in [0, 0.1) is 11.8 Å². The lowest BCUT2D eigenvalue weighted by Crippen LogP contribution is -2.39. The highest BCUT2D eigenvalue weighted by molar-refractivity contribution is 5.84. The molecule has 2 aromatic carbocycles. The zero-order valence-electron chi connectivity index (χ0n) is 31.1. The van der Waals surface area contributed by atoms with E-state index in [0.717, 1.165) is 102 Å². The summed E-state index contributed by atoms with van der Waals surface area (Å²) in [7, 11) is 5.21. The Bertz CT molecular complexity index is 1930. The van der Waals surface area contributed by atoms with Gasteiger partial charge in [-0.3, -0.25) is 14.4 Å². The molecular weight excluding hydrogens is 654 g/mol. The summed E-state index contributed by atoms with van der Waals surface area (Å²) in [6, 6.07) is 15.1. The van der Waals surface area contributed by atoms with Crippen LogP contribution in [-0.4, -0.2) is 93.3 Å². The fraction of sp³-hybridized carbons (Fsp3) is 0.488. The van der Waals surface area contributed by atoms with E-state index in [0.29, 0.717) is 13.1 Å². The standard InChI is InChI=1S/C41H51N7O4/c1-25(2)31(22-37(50)52-5)41(51)48-20-8-12-35(48)40-43-32-10-6-9-29-21-28(17-18-30(29)38(32)45-40)26-13-15-27(16-14-26)33-23-42-39(44-33)34-11-7-19-47(34)36(49)24-46(3)4/h13-18,21,23,25,31,34-35H,6-12,19-20,22,24H2,1-5H3,(H,42,44)(H,43,45)/t31-,34-,35-/m0/s1. The van der Waals surface area contributed by atoms with Crippen molar-refractivity contribution in [3.63, 3.8) is 0 Å². The van der Waals surface area contributed by atoms with Crippen LogP contribution in [0.15, 0.2) is 48.7 Å². The van der Waals surface area contributed by atoms with Gasteiger partial charge in [-0.25, -0.2) is 9.97 Å². The Morgan fingerprint density at radius 1 is 0.885 bits per heavy atom. The summed E-state index contributed by atoms with van der Waals surface area (Å²) in [5, 5.41) is 0. The van der Waals surface area contributed by atoms with Gasteiger partial charge in [0.2, 0.25) is 11.8 Å². The normalized spacial score (nSPS) is 19.1. The van der Waals surface area contributed by atoms with Crippen LogP contribution in [-0.2, 0) is 32.0 Å². The molecule has 2 saturated heterocycles. The zero-order valence-corrected chi connectivity index (χ0v) is 31.1. The average molecular weight is 706 g/mol. The topological polar surface area (TPSA) is 128 Å². The Hall–Kier alpha value is -4.77. The van der Waals surface area contributed by atoms with Crippen molar-refractivity contribution in [3.8, 4) is 33.6 Å². The number of aromatic amines is 2. The number of fused-ring (bicyclic) bond motifs is 3. The molecule has 52 heavy (non-hydrogen) atoms. The lowest BCUT2D eigenvalue weighted by atomic mass is 9.90. The third kappa shape index (κ3) is 7.15. The highest BCUT2D eigenvalue weighted by Gasteiger charge is 2.38. The van der Waals surface area contributed by atoms with E-state index in [1.165, 1.54) is 12.7 Å². The van der Waals surface area contributed by atoms with Crippen molar-refractivity contribution in [1.82, 2.24) is 34.6 Å². The molecule has 1 aliphatic carbocycles. The molecule has 3 atom stereocenters. The summed E-state index contributed by atoms with van der Waals surface area (Å²) in [6.45, 7) is 5.81. The van der Waals surface area contributed by atoms with Gasteiger partial charge in [0.15, 0.2) is 0 Å². The fourth-order valence-electron chi connectivity index (χ4n) is 8.26. The molecular formula is C41H51N7O4. The number of nitrogens with zero attached hydrogens (tertiary/aromatic N) is 5. The van der Waals surface area contributed by atoms with Crippen molar-refractivity contribution in [2.75, 3.05) is 40.8 Å². The summed E-state index contributed by atoms with van der Waals surface area (Å²) in [5.74, 6) is 1.08. The summed E-state index contributed by atoms with van der Waals surface area (Å²) < 4.78 is 4.91. The van der Waals surface area contributed by atoms with Crippen molar-refractivity contribution in [2.24, 2.45) is 11.8 Å². The number of H-pyrrole nitrogens is 2. The van der Waals surface area contributed by atoms with Gasteiger partial charge in [-0.1, -0.05) is 56.3 Å². The van der Waals surface area contributed by atoms with Crippen LogP contribution in [0.4, 0.5) is 0 Å². The number of imidazole rings is 2. The predicted molar refractivity (Wildman–Crippen MR) is 200 cm³/mol. The van der Waals surface area contributed by atoms with Crippen LogP contribution < -0.4 is 0 Å². The van der Waals surface area contributed by atoms with E-state index < -0.39 is 5.92 Å². The summed E-state index contributed by atoms with van der Waals surface area (Å²) in [5.41, 5.74) is 8.84. The number of amides is 2. The van der Waals surface area contributed by atoms with Crippen molar-refractivity contribution in [2.45, 2.75) is 77.3 Å². The van der Waals surface area contributed by atoms with Crippen LogP contribution in [0.1, 0.15) is 87.4 Å². The van der Waals surface area contributed by atoms with E-state index in [9.17, 15) is 14.4 Å². The molecule has 2 N–H and O–H groups in total. The lowest BCUT2D eigenvalue weighted by Gasteiger charge is -2.29. The van der Waals surface area contributed by atoms with Gasteiger partial charge in [0, 0.05) is 24.3 Å². The average Bonchev–Trinajstić information content (AvgIpc) is 3.95. The minimum Gasteiger partial charge on any atom is -0.469 e. The Labute approximate surface area is 306 Å². The smallest absolute Gasteiger partial charge is 0.306 e. The molecule has 2 fully saturated rings. The van der Waals surface area contributed by atoms with Crippen LogP contribution in [0.2, 0.25) is 0 Å². The number of likely N-dealkylation sites (N-methyl/N-ethyl adjacent to an activating group) is 1. The van der Waals surface area contributed by atoms with Crippen molar-refractivity contribution in [1.29, 1.82) is 0 Å². The van der Waals surface area contributed by atoms with Crippen molar-refractivity contribution < 1.29 is 19.1 Å². The van der Waals surface area contributed by atoms with Crippen molar-refractivity contribution in [3.05, 3.63) is 71.6 Å². The van der Waals surface area contributed by atoms with Gasteiger partial charge in [0.25, 0.3) is 0 Å². The molecule has 2 aliphatic heterocycles. The molecule has 4 aromatic rings. The van der Waals surface area contributed by atoms with E-state index in [-0.39, 0.29) is 42.2 Å². The van der Waals surface area contributed by atoms with Gasteiger partial charge in [-0.05, 0) is 87.2 Å². The highest BCUT2D eigenvalue weighted by Crippen LogP contribution is 2.39. The van der Waals surface area contributed by atoms with E-state index in [1.54, 1.807) is 0 Å². The Morgan fingerprint density at radius 2 is 1.58 bits per heavy atom. The minimum absolute atomic E-state index is 0.00563. The molecule has 0 saturated carbocycles. The Balaban J connectivity index is 1.08. The second-order valence-corrected chi connectivity index (χ2v) is 15.2. The minimum atomic E-state index is -0.418. The number of ether oxygens (including phenoxy) is 1. The second-order valence-electron chi connectivity index (χ2n) is 15.2. The van der Waals surface area contributed by atoms with Crippen LogP contribution >= 0.6 is 0 Å². The van der Waals surface area contributed by atoms with Gasteiger partial charge in [0.05, 0.1) is 55.7 Å². The number of esters is 1. The quantitative estimate of drug-likeness (QED) is 0.184. The Morgan fingerprint density at radius 3 is 2.29 bits per heavy atom. The first-order valence-corrected chi connectivity index (χ1v) is 18.8.